The Bertz CT molecular complexity index is 497. The Labute approximate surface area is 115 Å². The quantitative estimate of drug-likeness (QED) is 0.869. The zero-order chi connectivity index (χ0) is 11.8. The average Bonchev–Trinajstić information content (AvgIpc) is 2.65. The molecular weight excluding hydrogens is 330 g/mol. The Morgan fingerprint density at radius 2 is 2.18 bits per heavy atom. The molecule has 2 N–H and O–H groups in total. The lowest BCUT2D eigenvalue weighted by Gasteiger charge is -2.15. The van der Waals surface area contributed by atoms with Gasteiger partial charge in [-0.25, -0.2) is 8.42 Å². The molecule has 1 aromatic heterocycles. The van der Waals surface area contributed by atoms with Gasteiger partial charge < -0.3 is 5.73 Å². The Morgan fingerprint density at radius 3 is 2.71 bits per heavy atom. The van der Waals surface area contributed by atoms with Gasteiger partial charge in [-0.1, -0.05) is 0 Å². The lowest BCUT2D eigenvalue weighted by Crippen LogP contribution is -2.32. The van der Waals surface area contributed by atoms with Crippen LogP contribution in [0.15, 0.2) is 27.8 Å². The van der Waals surface area contributed by atoms with Crippen LogP contribution in [0.4, 0.5) is 0 Å². The van der Waals surface area contributed by atoms with Crippen LogP contribution in [0.3, 0.4) is 0 Å². The number of nitrogens with two attached hydrogens (primary N) is 1. The van der Waals surface area contributed by atoms with Gasteiger partial charge in [0.05, 0.1) is 0 Å². The van der Waals surface area contributed by atoms with Crippen molar-refractivity contribution >= 4 is 38.4 Å². The van der Waals surface area contributed by atoms with E-state index in [1.54, 1.807) is 12.3 Å². The minimum Gasteiger partial charge on any atom is -0.326 e. The molecule has 17 heavy (non-hydrogen) atoms. The molecule has 1 unspecified atom stereocenters. The van der Waals surface area contributed by atoms with Crippen LogP contribution in [-0.4, -0.2) is 36.8 Å². The lowest BCUT2D eigenvalue weighted by molar-refractivity contribution is 0.472. The highest BCUT2D eigenvalue weighted by Gasteiger charge is 2.31. The van der Waals surface area contributed by atoms with Crippen LogP contribution in [0.1, 0.15) is 6.42 Å². The SMILES string of the molecule is Cl.NC1CCN(S(=O)(=O)c2cncc(Br)c2)C1. The molecule has 1 saturated heterocycles. The van der Waals surface area contributed by atoms with Crippen molar-refractivity contribution in [3.63, 3.8) is 0 Å². The second-order valence-electron chi connectivity index (χ2n) is 3.75. The monoisotopic (exact) mass is 341 g/mol. The molecule has 1 atom stereocenters. The smallest absolute Gasteiger partial charge is 0.244 e. The van der Waals surface area contributed by atoms with Crippen molar-refractivity contribution in [3.8, 4) is 0 Å². The number of hydrogen-bond acceptors (Lipinski definition) is 4. The van der Waals surface area contributed by atoms with E-state index in [9.17, 15) is 8.42 Å². The molecule has 0 radical (unpaired) electrons. The molecule has 96 valence electrons. The second kappa shape index (κ2) is 5.62. The van der Waals surface area contributed by atoms with Crippen molar-refractivity contribution < 1.29 is 8.42 Å². The fourth-order valence-electron chi connectivity index (χ4n) is 1.65. The van der Waals surface area contributed by atoms with Crippen molar-refractivity contribution in [1.29, 1.82) is 0 Å². The molecule has 5 nitrogen and oxygen atoms in total. The highest BCUT2D eigenvalue weighted by atomic mass is 79.9. The first-order chi connectivity index (χ1) is 7.50. The fraction of sp³-hybridized carbons (Fsp3) is 0.444. The summed E-state index contributed by atoms with van der Waals surface area (Å²) in [5.41, 5.74) is 5.70. The number of pyridine rings is 1. The van der Waals surface area contributed by atoms with Gasteiger partial charge in [-0.05, 0) is 28.4 Å². The third kappa shape index (κ3) is 3.17. The van der Waals surface area contributed by atoms with Crippen LogP contribution in [0.2, 0.25) is 0 Å². The van der Waals surface area contributed by atoms with Gasteiger partial charge in [0.2, 0.25) is 10.0 Å². The van der Waals surface area contributed by atoms with Crippen LogP contribution >= 0.6 is 28.3 Å². The highest BCUT2D eigenvalue weighted by molar-refractivity contribution is 9.10. The molecule has 0 amide bonds. The Morgan fingerprint density at radius 1 is 1.47 bits per heavy atom. The summed E-state index contributed by atoms with van der Waals surface area (Å²) in [4.78, 5) is 4.06. The van der Waals surface area contributed by atoms with E-state index in [0.717, 1.165) is 0 Å². The number of halogens is 2. The van der Waals surface area contributed by atoms with Crippen LogP contribution in [0, 0.1) is 0 Å². The predicted molar refractivity (Wildman–Crippen MR) is 70.5 cm³/mol. The lowest BCUT2D eigenvalue weighted by atomic mass is 10.3. The van der Waals surface area contributed by atoms with Gasteiger partial charge in [-0.3, -0.25) is 4.98 Å². The Balaban J connectivity index is 0.00000144. The summed E-state index contributed by atoms with van der Waals surface area (Å²) in [6.07, 6.45) is 3.61. The van der Waals surface area contributed by atoms with Gasteiger partial charge in [0, 0.05) is 36.0 Å². The van der Waals surface area contributed by atoms with Gasteiger partial charge in [-0.2, -0.15) is 4.31 Å². The molecule has 0 bridgehead atoms. The third-order valence-electron chi connectivity index (χ3n) is 2.51. The summed E-state index contributed by atoms with van der Waals surface area (Å²) in [5.74, 6) is 0. The molecule has 0 aromatic carbocycles. The van der Waals surface area contributed by atoms with Crippen molar-refractivity contribution in [2.75, 3.05) is 13.1 Å². The molecule has 0 aliphatic carbocycles. The van der Waals surface area contributed by atoms with Gasteiger partial charge >= 0.3 is 0 Å². The minimum absolute atomic E-state index is 0. The largest absolute Gasteiger partial charge is 0.326 e. The number of nitrogens with zero attached hydrogens (tertiary/aromatic N) is 2. The first-order valence-corrected chi connectivity index (χ1v) is 7.10. The standard InChI is InChI=1S/C9H12BrN3O2S.ClH/c10-7-3-9(5-12-4-7)16(14,15)13-2-1-8(11)6-13;/h3-5,8H,1-2,6,11H2;1H. The van der Waals surface area contributed by atoms with Crippen molar-refractivity contribution in [2.24, 2.45) is 5.73 Å². The zero-order valence-electron chi connectivity index (χ0n) is 8.91. The topological polar surface area (TPSA) is 76.3 Å². The highest BCUT2D eigenvalue weighted by Crippen LogP contribution is 2.21. The van der Waals surface area contributed by atoms with E-state index in [4.69, 9.17) is 5.73 Å². The van der Waals surface area contributed by atoms with Gasteiger partial charge in [0.25, 0.3) is 0 Å². The van der Waals surface area contributed by atoms with Crippen LogP contribution in [0.5, 0.6) is 0 Å². The van der Waals surface area contributed by atoms with Crippen molar-refractivity contribution in [3.05, 3.63) is 22.9 Å². The molecular formula is C9H13BrClN3O2S. The molecule has 8 heteroatoms. The fourth-order valence-corrected chi connectivity index (χ4v) is 3.67. The minimum atomic E-state index is -3.43. The summed E-state index contributed by atoms with van der Waals surface area (Å²) >= 11 is 3.20. The van der Waals surface area contributed by atoms with Gasteiger partial charge in [0.1, 0.15) is 4.90 Å². The summed E-state index contributed by atoms with van der Waals surface area (Å²) in [6, 6.07) is 1.49. The number of aromatic nitrogens is 1. The normalized spacial score (nSPS) is 21.2. The predicted octanol–water partition coefficient (Wildman–Crippen LogP) is 0.988. The molecule has 0 saturated carbocycles. The van der Waals surface area contributed by atoms with E-state index in [-0.39, 0.29) is 23.3 Å². The van der Waals surface area contributed by atoms with E-state index in [2.05, 4.69) is 20.9 Å². The van der Waals surface area contributed by atoms with Crippen LogP contribution in [0.25, 0.3) is 0 Å². The van der Waals surface area contributed by atoms with E-state index in [1.807, 2.05) is 0 Å². The maximum atomic E-state index is 12.1. The summed E-state index contributed by atoms with van der Waals surface area (Å²) in [6.45, 7) is 0.866. The molecule has 1 aromatic rings. The first-order valence-electron chi connectivity index (χ1n) is 4.86. The molecule has 2 heterocycles. The van der Waals surface area contributed by atoms with Gasteiger partial charge in [0.15, 0.2) is 0 Å². The maximum Gasteiger partial charge on any atom is 0.244 e. The summed E-state index contributed by atoms with van der Waals surface area (Å²) in [5, 5.41) is 0. The van der Waals surface area contributed by atoms with Crippen molar-refractivity contribution in [2.45, 2.75) is 17.4 Å². The number of hydrogen-bond donors (Lipinski definition) is 1. The summed E-state index contributed by atoms with van der Waals surface area (Å²) < 4.78 is 26.3. The van der Waals surface area contributed by atoms with E-state index in [1.165, 1.54) is 10.5 Å². The van der Waals surface area contributed by atoms with Crippen molar-refractivity contribution in [1.82, 2.24) is 9.29 Å². The maximum absolute atomic E-state index is 12.1. The molecule has 1 aliphatic heterocycles. The average molecular weight is 343 g/mol. The number of rotatable bonds is 2. The van der Waals surface area contributed by atoms with E-state index < -0.39 is 10.0 Å². The Hall–Kier alpha value is -0.210. The molecule has 1 fully saturated rings. The third-order valence-corrected chi connectivity index (χ3v) is 4.77. The summed E-state index contributed by atoms with van der Waals surface area (Å²) in [7, 11) is -3.43. The van der Waals surface area contributed by atoms with E-state index in [0.29, 0.717) is 24.0 Å². The molecule has 1 aliphatic rings. The molecule has 0 spiro atoms. The van der Waals surface area contributed by atoms with Gasteiger partial charge in [-0.15, -0.1) is 12.4 Å². The number of sulfonamides is 1. The van der Waals surface area contributed by atoms with E-state index >= 15 is 0 Å². The molecule has 2 rings (SSSR count). The Kier molecular flexibility index (Phi) is 4.91. The second-order valence-corrected chi connectivity index (χ2v) is 6.60. The zero-order valence-corrected chi connectivity index (χ0v) is 12.1. The van der Waals surface area contributed by atoms with Crippen LogP contribution < -0.4 is 5.73 Å². The van der Waals surface area contributed by atoms with Crippen LogP contribution in [-0.2, 0) is 10.0 Å². The first kappa shape index (κ1) is 14.8.